The first-order valence-electron chi connectivity index (χ1n) is 7.11. The number of benzene rings is 1. The standard InChI is InChI=1S/C16H16F3NO3/c1-4-23-15(22)11-12(8(2)3)20-13-9(14(11)21)6-5-7-10(13)16(17,18)19/h5-8H,4H2,1-3H3,(H,20,21). The topological polar surface area (TPSA) is 59.2 Å². The summed E-state index contributed by atoms with van der Waals surface area (Å²) in [6.07, 6.45) is -4.61. The van der Waals surface area contributed by atoms with Crippen molar-refractivity contribution in [2.75, 3.05) is 6.61 Å². The molecular formula is C16H16F3NO3. The number of para-hydroxylation sites is 1. The number of carbonyl (C=O) groups is 1. The maximum absolute atomic E-state index is 13.1. The van der Waals surface area contributed by atoms with Crippen LogP contribution in [0.2, 0.25) is 0 Å². The Labute approximate surface area is 130 Å². The number of rotatable bonds is 3. The van der Waals surface area contributed by atoms with Crippen molar-refractivity contribution in [3.8, 4) is 0 Å². The molecule has 0 aliphatic heterocycles. The van der Waals surface area contributed by atoms with Gasteiger partial charge >= 0.3 is 12.1 Å². The largest absolute Gasteiger partial charge is 0.462 e. The Balaban J connectivity index is 2.91. The van der Waals surface area contributed by atoms with Crippen LogP contribution in [0.4, 0.5) is 13.2 Å². The van der Waals surface area contributed by atoms with E-state index in [4.69, 9.17) is 4.74 Å². The van der Waals surface area contributed by atoms with Crippen molar-refractivity contribution in [3.63, 3.8) is 0 Å². The molecule has 0 atom stereocenters. The first-order chi connectivity index (χ1) is 10.7. The SMILES string of the molecule is CCOC(=O)c1c(C(C)C)[nH]c2c(C(F)(F)F)cccc2c1=O. The molecule has 0 radical (unpaired) electrons. The predicted octanol–water partition coefficient (Wildman–Crippen LogP) is 3.85. The summed E-state index contributed by atoms with van der Waals surface area (Å²) in [5.74, 6) is -1.19. The molecule has 1 N–H and O–H groups in total. The first kappa shape index (κ1) is 17.1. The zero-order valence-corrected chi connectivity index (χ0v) is 12.9. The average molecular weight is 327 g/mol. The Bertz CT molecular complexity index is 807. The zero-order chi connectivity index (χ0) is 17.4. The summed E-state index contributed by atoms with van der Waals surface area (Å²) in [4.78, 5) is 27.2. The Hall–Kier alpha value is -2.31. The number of halogens is 3. The minimum absolute atomic E-state index is 0.0659. The second-order valence-electron chi connectivity index (χ2n) is 5.34. The zero-order valence-electron chi connectivity index (χ0n) is 12.9. The van der Waals surface area contributed by atoms with Gasteiger partial charge in [-0.3, -0.25) is 4.79 Å². The lowest BCUT2D eigenvalue weighted by molar-refractivity contribution is -0.136. The van der Waals surface area contributed by atoms with Gasteiger partial charge in [-0.2, -0.15) is 13.2 Å². The molecule has 0 unspecified atom stereocenters. The van der Waals surface area contributed by atoms with Crippen LogP contribution in [0.1, 0.15) is 48.3 Å². The molecule has 0 aliphatic rings. The molecule has 0 amide bonds. The van der Waals surface area contributed by atoms with Gasteiger partial charge in [-0.15, -0.1) is 0 Å². The molecule has 1 aromatic heterocycles. The smallest absolute Gasteiger partial charge is 0.418 e. The van der Waals surface area contributed by atoms with Crippen LogP contribution in [0.3, 0.4) is 0 Å². The van der Waals surface area contributed by atoms with Gasteiger partial charge in [0.15, 0.2) is 0 Å². The number of H-pyrrole nitrogens is 1. The lowest BCUT2D eigenvalue weighted by atomic mass is 9.99. The summed E-state index contributed by atoms with van der Waals surface area (Å²) in [5.41, 5.74) is -2.12. The highest BCUT2D eigenvalue weighted by Gasteiger charge is 2.34. The molecule has 0 bridgehead atoms. The van der Waals surface area contributed by atoms with Gasteiger partial charge in [-0.25, -0.2) is 4.79 Å². The van der Waals surface area contributed by atoms with Crippen LogP contribution in [0.5, 0.6) is 0 Å². The second kappa shape index (κ2) is 6.06. The lowest BCUT2D eigenvalue weighted by Gasteiger charge is -2.16. The van der Waals surface area contributed by atoms with Crippen molar-refractivity contribution >= 4 is 16.9 Å². The monoisotopic (exact) mass is 327 g/mol. The predicted molar refractivity (Wildman–Crippen MR) is 79.6 cm³/mol. The maximum atomic E-state index is 13.1. The minimum atomic E-state index is -4.61. The van der Waals surface area contributed by atoms with E-state index in [0.29, 0.717) is 0 Å². The van der Waals surface area contributed by atoms with Crippen molar-refractivity contribution in [1.82, 2.24) is 4.98 Å². The van der Waals surface area contributed by atoms with Crippen LogP contribution in [0.25, 0.3) is 10.9 Å². The molecule has 7 heteroatoms. The lowest BCUT2D eigenvalue weighted by Crippen LogP contribution is -2.23. The molecular weight excluding hydrogens is 311 g/mol. The van der Waals surface area contributed by atoms with E-state index in [9.17, 15) is 22.8 Å². The molecule has 1 heterocycles. The van der Waals surface area contributed by atoms with E-state index in [-0.39, 0.29) is 34.7 Å². The van der Waals surface area contributed by atoms with E-state index < -0.39 is 23.1 Å². The Kier molecular flexibility index (Phi) is 4.49. The average Bonchev–Trinajstić information content (AvgIpc) is 2.45. The van der Waals surface area contributed by atoms with Crippen LogP contribution < -0.4 is 5.43 Å². The number of carbonyl (C=O) groups excluding carboxylic acids is 1. The fourth-order valence-corrected chi connectivity index (χ4v) is 2.41. The number of nitrogens with one attached hydrogen (secondary N) is 1. The summed E-state index contributed by atoms with van der Waals surface area (Å²) >= 11 is 0. The van der Waals surface area contributed by atoms with Gasteiger partial charge in [0.2, 0.25) is 5.43 Å². The second-order valence-corrected chi connectivity index (χ2v) is 5.34. The van der Waals surface area contributed by atoms with Gasteiger partial charge in [0.1, 0.15) is 5.56 Å². The third-order valence-electron chi connectivity index (χ3n) is 3.43. The molecule has 0 saturated heterocycles. The highest BCUT2D eigenvalue weighted by atomic mass is 19.4. The van der Waals surface area contributed by atoms with Crippen LogP contribution >= 0.6 is 0 Å². The molecule has 1 aromatic carbocycles. The van der Waals surface area contributed by atoms with E-state index in [1.807, 2.05) is 0 Å². The first-order valence-corrected chi connectivity index (χ1v) is 7.11. The summed E-state index contributed by atoms with van der Waals surface area (Å²) in [7, 11) is 0. The highest BCUT2D eigenvalue weighted by molar-refractivity contribution is 5.96. The molecule has 124 valence electrons. The van der Waals surface area contributed by atoms with Crippen molar-refractivity contribution < 1.29 is 22.7 Å². The summed E-state index contributed by atoms with van der Waals surface area (Å²) < 4.78 is 44.3. The van der Waals surface area contributed by atoms with Gasteiger partial charge in [0.25, 0.3) is 0 Å². The molecule has 23 heavy (non-hydrogen) atoms. The van der Waals surface area contributed by atoms with Crippen molar-refractivity contribution in [3.05, 3.63) is 45.2 Å². The summed E-state index contributed by atoms with van der Waals surface area (Å²) in [5, 5.41) is -0.188. The number of aromatic amines is 1. The fraction of sp³-hybridized carbons (Fsp3) is 0.375. The van der Waals surface area contributed by atoms with Crippen molar-refractivity contribution in [2.24, 2.45) is 0 Å². The van der Waals surface area contributed by atoms with Crippen LogP contribution in [-0.2, 0) is 10.9 Å². The Morgan fingerprint density at radius 3 is 2.48 bits per heavy atom. The van der Waals surface area contributed by atoms with E-state index in [2.05, 4.69) is 4.98 Å². The number of aromatic nitrogens is 1. The van der Waals surface area contributed by atoms with Gasteiger partial charge in [0, 0.05) is 11.1 Å². The van der Waals surface area contributed by atoms with Gasteiger partial charge in [0.05, 0.1) is 17.7 Å². The fourth-order valence-electron chi connectivity index (χ4n) is 2.41. The van der Waals surface area contributed by atoms with Gasteiger partial charge in [-0.1, -0.05) is 19.9 Å². The normalized spacial score (nSPS) is 12.0. The number of pyridine rings is 1. The Morgan fingerprint density at radius 2 is 1.96 bits per heavy atom. The number of hydrogen-bond acceptors (Lipinski definition) is 3. The molecule has 0 fully saturated rings. The van der Waals surface area contributed by atoms with Crippen LogP contribution in [0, 0.1) is 0 Å². The Morgan fingerprint density at radius 1 is 1.30 bits per heavy atom. The highest BCUT2D eigenvalue weighted by Crippen LogP contribution is 2.34. The van der Waals surface area contributed by atoms with Crippen molar-refractivity contribution in [1.29, 1.82) is 0 Å². The number of fused-ring (bicyclic) bond motifs is 1. The summed E-state index contributed by atoms with van der Waals surface area (Å²) in [6.45, 7) is 5.01. The quantitative estimate of drug-likeness (QED) is 0.871. The van der Waals surface area contributed by atoms with E-state index in [0.717, 1.165) is 12.1 Å². The van der Waals surface area contributed by atoms with Gasteiger partial charge in [-0.05, 0) is 25.0 Å². The number of esters is 1. The third-order valence-corrected chi connectivity index (χ3v) is 3.43. The van der Waals surface area contributed by atoms with E-state index in [1.165, 1.54) is 6.07 Å². The minimum Gasteiger partial charge on any atom is -0.462 e. The van der Waals surface area contributed by atoms with Gasteiger partial charge < -0.3 is 9.72 Å². The maximum Gasteiger partial charge on any atom is 0.418 e. The number of alkyl halides is 3. The molecule has 2 rings (SSSR count). The molecule has 0 aliphatic carbocycles. The van der Waals surface area contributed by atoms with Crippen LogP contribution in [0.15, 0.2) is 23.0 Å². The molecule has 0 saturated carbocycles. The molecule has 4 nitrogen and oxygen atoms in total. The molecule has 2 aromatic rings. The summed E-state index contributed by atoms with van der Waals surface area (Å²) in [6, 6.07) is 3.30. The number of ether oxygens (including phenoxy) is 1. The molecule has 0 spiro atoms. The van der Waals surface area contributed by atoms with Crippen LogP contribution in [-0.4, -0.2) is 17.6 Å². The van der Waals surface area contributed by atoms with E-state index in [1.54, 1.807) is 20.8 Å². The van der Waals surface area contributed by atoms with Crippen molar-refractivity contribution in [2.45, 2.75) is 32.9 Å². The number of hydrogen-bond donors (Lipinski definition) is 1. The van der Waals surface area contributed by atoms with E-state index >= 15 is 0 Å². The third kappa shape index (κ3) is 3.09.